The van der Waals surface area contributed by atoms with Crippen molar-refractivity contribution >= 4 is 29.4 Å². The highest BCUT2D eigenvalue weighted by atomic mass is 32.2. The SMILES string of the molecule is CN(C)C(=O)CN=C(NCCSc1ccccc1)NC1CCN(c2ncccc2F)C1. The van der Waals surface area contributed by atoms with E-state index in [-0.39, 0.29) is 24.3 Å². The van der Waals surface area contributed by atoms with Gasteiger partial charge in [-0.05, 0) is 30.7 Å². The van der Waals surface area contributed by atoms with Gasteiger partial charge in [-0.1, -0.05) is 18.2 Å². The first kappa shape index (κ1) is 22.9. The summed E-state index contributed by atoms with van der Waals surface area (Å²) in [6.07, 6.45) is 2.43. The van der Waals surface area contributed by atoms with Crippen LogP contribution in [0.4, 0.5) is 10.2 Å². The molecule has 0 aliphatic carbocycles. The molecule has 1 aromatic carbocycles. The number of halogens is 1. The number of guanidine groups is 1. The van der Waals surface area contributed by atoms with Crippen LogP contribution in [0, 0.1) is 5.82 Å². The van der Waals surface area contributed by atoms with E-state index in [0.29, 0.717) is 31.4 Å². The lowest BCUT2D eigenvalue weighted by Crippen LogP contribution is -2.46. The number of anilines is 1. The van der Waals surface area contributed by atoms with Crippen LogP contribution in [0.2, 0.25) is 0 Å². The van der Waals surface area contributed by atoms with Crippen LogP contribution in [0.3, 0.4) is 0 Å². The fourth-order valence-electron chi connectivity index (χ4n) is 3.17. The number of benzene rings is 1. The molecule has 1 aliphatic heterocycles. The summed E-state index contributed by atoms with van der Waals surface area (Å²) in [6.45, 7) is 2.10. The summed E-state index contributed by atoms with van der Waals surface area (Å²) in [6, 6.07) is 13.3. The Morgan fingerprint density at radius 2 is 2.10 bits per heavy atom. The average Bonchev–Trinajstić information content (AvgIpc) is 3.23. The van der Waals surface area contributed by atoms with Crippen molar-refractivity contribution in [2.75, 3.05) is 50.9 Å². The van der Waals surface area contributed by atoms with E-state index >= 15 is 0 Å². The molecule has 1 unspecified atom stereocenters. The molecule has 1 amide bonds. The summed E-state index contributed by atoms with van der Waals surface area (Å²) in [5.74, 6) is 1.45. The molecule has 1 aromatic heterocycles. The number of nitrogens with one attached hydrogen (secondary N) is 2. The second-order valence-electron chi connectivity index (χ2n) is 7.43. The number of rotatable bonds is 8. The molecule has 0 radical (unpaired) electrons. The molecule has 1 saturated heterocycles. The predicted octanol–water partition coefficient (Wildman–Crippen LogP) is 2.22. The molecule has 2 N–H and O–H groups in total. The second kappa shape index (κ2) is 11.5. The maximum atomic E-state index is 14.1. The highest BCUT2D eigenvalue weighted by Crippen LogP contribution is 2.20. The number of aliphatic imine (C=N–C) groups is 1. The topological polar surface area (TPSA) is 72.9 Å². The van der Waals surface area contributed by atoms with E-state index in [1.165, 1.54) is 15.9 Å². The van der Waals surface area contributed by atoms with Gasteiger partial charge in [-0.15, -0.1) is 11.8 Å². The Bertz CT molecular complexity index is 879. The molecular formula is C22H29FN6OS. The van der Waals surface area contributed by atoms with Crippen molar-refractivity contribution in [3.05, 3.63) is 54.5 Å². The molecule has 0 bridgehead atoms. The number of nitrogens with zero attached hydrogens (tertiary/aromatic N) is 4. The van der Waals surface area contributed by atoms with Crippen LogP contribution in [0.15, 0.2) is 58.5 Å². The Labute approximate surface area is 187 Å². The van der Waals surface area contributed by atoms with Crippen LogP contribution >= 0.6 is 11.8 Å². The molecule has 2 aromatic rings. The van der Waals surface area contributed by atoms with E-state index in [1.54, 1.807) is 38.1 Å². The number of pyridine rings is 1. The van der Waals surface area contributed by atoms with E-state index in [1.807, 2.05) is 23.1 Å². The fraction of sp³-hybridized carbons (Fsp3) is 0.409. The molecule has 7 nitrogen and oxygen atoms in total. The number of aromatic nitrogens is 1. The third kappa shape index (κ3) is 7.13. The van der Waals surface area contributed by atoms with E-state index < -0.39 is 0 Å². The van der Waals surface area contributed by atoms with E-state index in [0.717, 1.165) is 12.2 Å². The molecule has 1 atom stereocenters. The number of amides is 1. The molecular weight excluding hydrogens is 415 g/mol. The Balaban J connectivity index is 1.55. The van der Waals surface area contributed by atoms with Gasteiger partial charge < -0.3 is 20.4 Å². The molecule has 1 fully saturated rings. The van der Waals surface area contributed by atoms with Gasteiger partial charge in [0.1, 0.15) is 6.54 Å². The maximum Gasteiger partial charge on any atom is 0.243 e. The summed E-state index contributed by atoms with van der Waals surface area (Å²) in [4.78, 5) is 25.3. The first-order valence-electron chi connectivity index (χ1n) is 10.3. The largest absolute Gasteiger partial charge is 0.356 e. The van der Waals surface area contributed by atoms with Gasteiger partial charge in [0.15, 0.2) is 17.6 Å². The summed E-state index contributed by atoms with van der Waals surface area (Å²) < 4.78 is 14.1. The van der Waals surface area contributed by atoms with Gasteiger partial charge in [-0.3, -0.25) is 4.79 Å². The molecule has 0 saturated carbocycles. The standard InChI is InChI=1S/C22H29FN6OS/c1-28(2)20(30)15-26-22(25-12-14-31-18-7-4-3-5-8-18)27-17-10-13-29(16-17)21-19(23)9-6-11-24-21/h3-9,11,17H,10,12-16H2,1-2H3,(H2,25,26,27). The Morgan fingerprint density at radius 3 is 2.84 bits per heavy atom. The third-order valence-corrected chi connectivity index (χ3v) is 5.86. The second-order valence-corrected chi connectivity index (χ2v) is 8.59. The maximum absolute atomic E-state index is 14.1. The first-order valence-corrected chi connectivity index (χ1v) is 11.3. The van der Waals surface area contributed by atoms with Crippen molar-refractivity contribution in [2.45, 2.75) is 17.4 Å². The van der Waals surface area contributed by atoms with Gasteiger partial charge in [-0.25, -0.2) is 14.4 Å². The number of hydrogen-bond donors (Lipinski definition) is 2. The van der Waals surface area contributed by atoms with Crippen LogP contribution in [-0.2, 0) is 4.79 Å². The third-order valence-electron chi connectivity index (χ3n) is 4.85. The van der Waals surface area contributed by atoms with Crippen LogP contribution in [0.1, 0.15) is 6.42 Å². The molecule has 2 heterocycles. The molecule has 3 rings (SSSR count). The number of carbonyl (C=O) groups is 1. The van der Waals surface area contributed by atoms with Crippen LogP contribution in [-0.4, -0.2) is 73.8 Å². The minimum atomic E-state index is -0.315. The van der Waals surface area contributed by atoms with Crippen molar-refractivity contribution in [2.24, 2.45) is 4.99 Å². The lowest BCUT2D eigenvalue weighted by atomic mass is 10.3. The number of likely N-dealkylation sites (N-methyl/N-ethyl adjacent to an activating group) is 1. The average molecular weight is 445 g/mol. The normalized spacial score (nSPS) is 16.3. The van der Waals surface area contributed by atoms with E-state index in [2.05, 4.69) is 32.7 Å². The Kier molecular flexibility index (Phi) is 8.52. The van der Waals surface area contributed by atoms with Gasteiger partial charge in [0.05, 0.1) is 0 Å². The first-order chi connectivity index (χ1) is 15.0. The molecule has 9 heteroatoms. The van der Waals surface area contributed by atoms with Crippen LogP contribution in [0.5, 0.6) is 0 Å². The van der Waals surface area contributed by atoms with Gasteiger partial charge in [0, 0.05) is 56.6 Å². The monoisotopic (exact) mass is 444 g/mol. The predicted molar refractivity (Wildman–Crippen MR) is 124 cm³/mol. The Morgan fingerprint density at radius 1 is 1.29 bits per heavy atom. The van der Waals surface area contributed by atoms with Crippen LogP contribution in [0.25, 0.3) is 0 Å². The Hall–Kier alpha value is -2.81. The lowest BCUT2D eigenvalue weighted by Gasteiger charge is -2.20. The zero-order valence-corrected chi connectivity index (χ0v) is 18.7. The quantitative estimate of drug-likeness (QED) is 0.282. The summed E-state index contributed by atoms with van der Waals surface area (Å²) in [5.41, 5.74) is 0. The summed E-state index contributed by atoms with van der Waals surface area (Å²) in [7, 11) is 3.43. The van der Waals surface area contributed by atoms with Crippen molar-refractivity contribution in [1.82, 2.24) is 20.5 Å². The van der Waals surface area contributed by atoms with E-state index in [9.17, 15) is 9.18 Å². The van der Waals surface area contributed by atoms with Crippen molar-refractivity contribution in [1.29, 1.82) is 0 Å². The van der Waals surface area contributed by atoms with Crippen molar-refractivity contribution in [3.63, 3.8) is 0 Å². The zero-order chi connectivity index (χ0) is 22.1. The number of hydrogen-bond acceptors (Lipinski definition) is 5. The minimum absolute atomic E-state index is 0.0663. The van der Waals surface area contributed by atoms with Gasteiger partial charge >= 0.3 is 0 Å². The van der Waals surface area contributed by atoms with Crippen molar-refractivity contribution in [3.8, 4) is 0 Å². The molecule has 166 valence electrons. The summed E-state index contributed by atoms with van der Waals surface area (Å²) in [5, 5.41) is 6.71. The molecule has 31 heavy (non-hydrogen) atoms. The molecule has 0 spiro atoms. The minimum Gasteiger partial charge on any atom is -0.356 e. The van der Waals surface area contributed by atoms with Crippen LogP contribution < -0.4 is 15.5 Å². The highest BCUT2D eigenvalue weighted by molar-refractivity contribution is 7.99. The smallest absolute Gasteiger partial charge is 0.243 e. The van der Waals surface area contributed by atoms with Gasteiger partial charge in [0.2, 0.25) is 5.91 Å². The zero-order valence-electron chi connectivity index (χ0n) is 17.9. The fourth-order valence-corrected chi connectivity index (χ4v) is 3.96. The number of carbonyl (C=O) groups excluding carboxylic acids is 1. The lowest BCUT2D eigenvalue weighted by molar-refractivity contribution is -0.127. The summed E-state index contributed by atoms with van der Waals surface area (Å²) >= 11 is 1.76. The van der Waals surface area contributed by atoms with Gasteiger partial charge in [0.25, 0.3) is 0 Å². The van der Waals surface area contributed by atoms with E-state index in [4.69, 9.17) is 0 Å². The molecule has 1 aliphatic rings. The van der Waals surface area contributed by atoms with Crippen molar-refractivity contribution < 1.29 is 9.18 Å². The number of thioether (sulfide) groups is 1. The highest BCUT2D eigenvalue weighted by Gasteiger charge is 2.26. The van der Waals surface area contributed by atoms with Gasteiger partial charge in [-0.2, -0.15) is 0 Å².